The van der Waals surface area contributed by atoms with Crippen molar-refractivity contribution in [2.45, 2.75) is 25.6 Å². The second-order valence-corrected chi connectivity index (χ2v) is 8.67. The number of anilines is 1. The van der Waals surface area contributed by atoms with E-state index in [0.29, 0.717) is 28.6 Å². The number of aromatic nitrogens is 2. The summed E-state index contributed by atoms with van der Waals surface area (Å²) in [5.41, 5.74) is 0.981. The third-order valence-electron chi connectivity index (χ3n) is 6.35. The zero-order valence-electron chi connectivity index (χ0n) is 20.2. The first-order valence-electron chi connectivity index (χ1n) is 11.4. The molecular formula is C27H26N4O5. The predicted molar refractivity (Wildman–Crippen MR) is 133 cm³/mol. The number of amides is 2. The maximum absolute atomic E-state index is 13.9. The minimum Gasteiger partial charge on any atom is -0.497 e. The Balaban J connectivity index is 1.53. The van der Waals surface area contributed by atoms with Crippen LogP contribution in [-0.2, 0) is 17.9 Å². The number of hydrogen-bond acceptors (Lipinski definition) is 6. The largest absolute Gasteiger partial charge is 0.497 e. The van der Waals surface area contributed by atoms with Crippen molar-refractivity contribution in [2.24, 2.45) is 0 Å². The number of para-hydroxylation sites is 2. The van der Waals surface area contributed by atoms with Crippen LogP contribution >= 0.6 is 0 Å². The van der Waals surface area contributed by atoms with Gasteiger partial charge in [-0.25, -0.2) is 0 Å². The zero-order chi connectivity index (χ0) is 25.3. The summed E-state index contributed by atoms with van der Waals surface area (Å²) in [5, 5.41) is 7.58. The Hall–Kier alpha value is -4.53. The normalized spacial score (nSPS) is 17.0. The molecule has 0 radical (unpaired) electrons. The van der Waals surface area contributed by atoms with E-state index in [1.165, 1.54) is 12.0 Å². The highest BCUT2D eigenvalue weighted by Gasteiger charge is 2.49. The van der Waals surface area contributed by atoms with Gasteiger partial charge in [0, 0.05) is 12.6 Å². The molecule has 36 heavy (non-hydrogen) atoms. The van der Waals surface area contributed by atoms with Crippen LogP contribution in [0.25, 0.3) is 11.5 Å². The fraction of sp³-hybridized carbons (Fsp3) is 0.222. The van der Waals surface area contributed by atoms with Crippen molar-refractivity contribution in [3.05, 3.63) is 84.3 Å². The minimum atomic E-state index is -1.29. The summed E-state index contributed by atoms with van der Waals surface area (Å²) in [6.07, 6.45) is 1.55. The lowest BCUT2D eigenvalue weighted by Gasteiger charge is -2.43. The Morgan fingerprint density at radius 3 is 2.56 bits per heavy atom. The van der Waals surface area contributed by atoms with Crippen LogP contribution in [0.5, 0.6) is 11.5 Å². The van der Waals surface area contributed by atoms with Crippen molar-refractivity contribution >= 4 is 17.5 Å². The van der Waals surface area contributed by atoms with Crippen LogP contribution in [0.1, 0.15) is 23.0 Å². The molecule has 184 valence electrons. The smallest absolute Gasteiger partial charge is 0.277 e. The van der Waals surface area contributed by atoms with Crippen molar-refractivity contribution in [3.63, 3.8) is 0 Å². The van der Waals surface area contributed by atoms with Gasteiger partial charge in [0.25, 0.3) is 5.91 Å². The van der Waals surface area contributed by atoms with Crippen molar-refractivity contribution < 1.29 is 23.5 Å². The molecule has 1 atom stereocenters. The molecule has 0 bridgehead atoms. The monoisotopic (exact) mass is 486 g/mol. The first-order chi connectivity index (χ1) is 17.4. The van der Waals surface area contributed by atoms with E-state index < -0.39 is 5.54 Å². The summed E-state index contributed by atoms with van der Waals surface area (Å²) >= 11 is 0. The maximum atomic E-state index is 13.9. The molecule has 0 saturated heterocycles. The average molecular weight is 487 g/mol. The highest BCUT2D eigenvalue weighted by molar-refractivity contribution is 6.12. The molecular weight excluding hydrogens is 460 g/mol. The molecule has 3 heterocycles. The lowest BCUT2D eigenvalue weighted by atomic mass is 9.93. The summed E-state index contributed by atoms with van der Waals surface area (Å²) < 4.78 is 17.8. The number of nitrogens with one attached hydrogen (secondary N) is 1. The molecule has 9 heteroatoms. The van der Waals surface area contributed by atoms with Crippen LogP contribution in [0.3, 0.4) is 0 Å². The van der Waals surface area contributed by atoms with Gasteiger partial charge in [-0.1, -0.05) is 24.3 Å². The molecule has 5 rings (SSSR count). The number of carbonyl (C=O) groups is 2. The van der Waals surface area contributed by atoms with E-state index in [0.717, 1.165) is 11.3 Å². The number of carbonyl (C=O) groups excluding carboxylic acids is 2. The Morgan fingerprint density at radius 2 is 1.86 bits per heavy atom. The van der Waals surface area contributed by atoms with Gasteiger partial charge in [0.15, 0.2) is 5.76 Å². The first-order valence-corrected chi connectivity index (χ1v) is 11.4. The minimum absolute atomic E-state index is 0.140. The Kier molecular flexibility index (Phi) is 5.97. The summed E-state index contributed by atoms with van der Waals surface area (Å²) in [5.74, 6) is 1.07. The second-order valence-electron chi connectivity index (χ2n) is 8.67. The van der Waals surface area contributed by atoms with Crippen LogP contribution in [0.2, 0.25) is 0 Å². The number of methoxy groups -OCH3 is 2. The number of hydrogen-bond donors (Lipinski definition) is 1. The molecule has 1 aliphatic rings. The van der Waals surface area contributed by atoms with E-state index in [9.17, 15) is 9.59 Å². The predicted octanol–water partition coefficient (Wildman–Crippen LogP) is 3.90. The molecule has 1 N–H and O–H groups in total. The molecule has 0 saturated carbocycles. The highest BCUT2D eigenvalue weighted by Crippen LogP contribution is 2.38. The van der Waals surface area contributed by atoms with E-state index in [4.69, 9.17) is 13.9 Å². The molecule has 9 nitrogen and oxygen atoms in total. The van der Waals surface area contributed by atoms with E-state index in [-0.39, 0.29) is 24.9 Å². The summed E-state index contributed by atoms with van der Waals surface area (Å²) in [6.45, 7) is 2.16. The SMILES string of the molecule is COc1ccc(CNC(=O)C2(C)Cn3nc(-c4ccco4)cc3C(=O)N2c2ccccc2OC)cc1. The first kappa shape index (κ1) is 23.2. The van der Waals surface area contributed by atoms with E-state index in [2.05, 4.69) is 10.4 Å². The van der Waals surface area contributed by atoms with Crippen molar-refractivity contribution in [2.75, 3.05) is 19.1 Å². The fourth-order valence-electron chi connectivity index (χ4n) is 4.43. The highest BCUT2D eigenvalue weighted by atomic mass is 16.5. The van der Waals surface area contributed by atoms with Gasteiger partial charge in [0.05, 0.1) is 32.7 Å². The molecule has 2 aromatic heterocycles. The van der Waals surface area contributed by atoms with Crippen LogP contribution in [0.4, 0.5) is 5.69 Å². The zero-order valence-corrected chi connectivity index (χ0v) is 20.2. The number of nitrogens with zero attached hydrogens (tertiary/aromatic N) is 3. The van der Waals surface area contributed by atoms with Gasteiger partial charge < -0.3 is 19.2 Å². The maximum Gasteiger partial charge on any atom is 0.277 e. The molecule has 2 aromatic carbocycles. The van der Waals surface area contributed by atoms with Crippen molar-refractivity contribution in [3.8, 4) is 23.0 Å². The van der Waals surface area contributed by atoms with E-state index >= 15 is 0 Å². The van der Waals surface area contributed by atoms with Gasteiger partial charge in [0.1, 0.15) is 28.4 Å². The van der Waals surface area contributed by atoms with Crippen LogP contribution < -0.4 is 19.7 Å². The number of fused-ring (bicyclic) bond motifs is 1. The van der Waals surface area contributed by atoms with E-state index in [1.54, 1.807) is 61.4 Å². The summed E-state index contributed by atoms with van der Waals surface area (Å²) in [7, 11) is 3.14. The number of rotatable bonds is 7. The number of benzene rings is 2. The fourth-order valence-corrected chi connectivity index (χ4v) is 4.43. The molecule has 2 amide bonds. The van der Waals surface area contributed by atoms with Crippen LogP contribution in [0.15, 0.2) is 77.4 Å². The second kappa shape index (κ2) is 9.26. The van der Waals surface area contributed by atoms with Gasteiger partial charge in [-0.3, -0.25) is 19.2 Å². The topological polar surface area (TPSA) is 98.8 Å². The Labute approximate surface area is 208 Å². The van der Waals surface area contributed by atoms with Gasteiger partial charge in [-0.2, -0.15) is 5.10 Å². The summed E-state index contributed by atoms with van der Waals surface area (Å²) in [4.78, 5) is 29.2. The third kappa shape index (κ3) is 3.98. The van der Waals surface area contributed by atoms with Gasteiger partial charge in [-0.05, 0) is 48.9 Å². The summed E-state index contributed by atoms with van der Waals surface area (Å²) in [6, 6.07) is 19.8. The molecule has 0 spiro atoms. The molecule has 4 aromatic rings. The Bertz CT molecular complexity index is 1390. The van der Waals surface area contributed by atoms with Gasteiger partial charge in [0.2, 0.25) is 5.91 Å². The van der Waals surface area contributed by atoms with Crippen molar-refractivity contribution in [1.82, 2.24) is 15.1 Å². The van der Waals surface area contributed by atoms with Crippen molar-refractivity contribution in [1.29, 1.82) is 0 Å². The standard InChI is InChI=1S/C27H26N4O5/c1-27(26(33)28-16-18-10-12-19(34-2)13-11-18)17-30-22(15-20(29-30)23-9-6-14-36-23)25(32)31(27)21-7-4-5-8-24(21)35-3/h4-15H,16-17H2,1-3H3,(H,28,33). The van der Waals surface area contributed by atoms with Gasteiger partial charge in [-0.15, -0.1) is 0 Å². The number of furan rings is 1. The molecule has 0 fully saturated rings. The number of ether oxygens (including phenoxy) is 2. The third-order valence-corrected chi connectivity index (χ3v) is 6.35. The van der Waals surface area contributed by atoms with E-state index in [1.807, 2.05) is 30.3 Å². The lowest BCUT2D eigenvalue weighted by Crippen LogP contribution is -2.64. The average Bonchev–Trinajstić information content (AvgIpc) is 3.58. The lowest BCUT2D eigenvalue weighted by molar-refractivity contribution is -0.126. The quantitative estimate of drug-likeness (QED) is 0.426. The van der Waals surface area contributed by atoms with Crippen LogP contribution in [-0.4, -0.2) is 41.4 Å². The molecule has 0 aliphatic carbocycles. The molecule has 1 aliphatic heterocycles. The van der Waals surface area contributed by atoms with Crippen LogP contribution in [0, 0.1) is 0 Å². The van der Waals surface area contributed by atoms with Gasteiger partial charge >= 0.3 is 0 Å². The molecule has 1 unspecified atom stereocenters. The Morgan fingerprint density at radius 1 is 1.08 bits per heavy atom.